The molecule has 0 fully saturated rings. The lowest BCUT2D eigenvalue weighted by atomic mass is 10.2. The Hall–Kier alpha value is -5.70. The largest absolute Gasteiger partial charge is 0.489 e. The van der Waals surface area contributed by atoms with Crippen LogP contribution in [0, 0.1) is 11.3 Å². The summed E-state index contributed by atoms with van der Waals surface area (Å²) in [5.41, 5.74) is 2.84. The molecule has 1 unspecified atom stereocenters. The Bertz CT molecular complexity index is 1450. The monoisotopic (exact) mass is 626 g/mol. The third-order valence-electron chi connectivity index (χ3n) is 5.83. The lowest BCUT2D eigenvalue weighted by Crippen LogP contribution is -2.38. The van der Waals surface area contributed by atoms with Crippen molar-refractivity contribution in [1.82, 2.24) is 10.6 Å². The maximum Gasteiger partial charge on any atom is 0.319 e. The van der Waals surface area contributed by atoms with Gasteiger partial charge in [0.1, 0.15) is 24.5 Å². The average molecular weight is 627 g/mol. The van der Waals surface area contributed by atoms with E-state index in [4.69, 9.17) is 20.2 Å². The van der Waals surface area contributed by atoms with Gasteiger partial charge >= 0.3 is 18.0 Å². The first-order chi connectivity index (χ1) is 22.3. The van der Waals surface area contributed by atoms with Gasteiger partial charge in [0.15, 0.2) is 0 Å². The predicted octanol–water partition coefficient (Wildman–Crippen LogP) is 4.34. The molecule has 0 spiro atoms. The molecule has 1 atom stereocenters. The number of nitriles is 1. The van der Waals surface area contributed by atoms with Crippen molar-refractivity contribution < 1.29 is 34.4 Å². The molecule has 4 rings (SSSR count). The third kappa shape index (κ3) is 16.8. The summed E-state index contributed by atoms with van der Waals surface area (Å²) in [7, 11) is 0. The Morgan fingerprint density at radius 1 is 0.717 bits per heavy atom. The highest BCUT2D eigenvalue weighted by Gasteiger charge is 2.08. The van der Waals surface area contributed by atoms with Crippen LogP contribution < -0.4 is 20.7 Å². The molecule has 0 heterocycles. The summed E-state index contributed by atoms with van der Waals surface area (Å²) in [6, 6.07) is 36.1. The van der Waals surface area contributed by atoms with Gasteiger partial charge in [0.2, 0.25) is 0 Å². The second-order valence-electron chi connectivity index (χ2n) is 9.64. The van der Waals surface area contributed by atoms with Gasteiger partial charge in [0.05, 0.1) is 18.4 Å². The van der Waals surface area contributed by atoms with E-state index in [0.717, 1.165) is 16.8 Å². The summed E-state index contributed by atoms with van der Waals surface area (Å²) in [6.45, 7) is 1.32. The summed E-state index contributed by atoms with van der Waals surface area (Å²) in [5, 5.41) is 44.1. The number of carbonyl (C=O) groups excluding carboxylic acids is 1. The number of amides is 2. The van der Waals surface area contributed by atoms with Crippen molar-refractivity contribution in [3.05, 3.63) is 132 Å². The van der Waals surface area contributed by atoms with E-state index in [9.17, 15) is 19.5 Å². The van der Waals surface area contributed by atoms with Crippen LogP contribution in [0.15, 0.2) is 115 Å². The number of carboxylic acid groups (broad SMARTS) is 2. The Morgan fingerprint density at radius 2 is 1.22 bits per heavy atom. The normalized spacial score (nSPS) is 10.3. The molecule has 11 nitrogen and oxygen atoms in total. The predicted molar refractivity (Wildman–Crippen MR) is 175 cm³/mol. The molecule has 0 aliphatic rings. The number of nitrogens with one attached hydrogen (secondary N) is 3. The Balaban J connectivity index is 0.000000299. The second kappa shape index (κ2) is 21.9. The van der Waals surface area contributed by atoms with Crippen LogP contribution in [0.1, 0.15) is 16.7 Å². The number of para-hydroxylation sites is 2. The van der Waals surface area contributed by atoms with Crippen LogP contribution in [0.4, 0.5) is 10.5 Å². The van der Waals surface area contributed by atoms with Gasteiger partial charge in [-0.15, -0.1) is 0 Å². The molecule has 0 aliphatic heterocycles. The average Bonchev–Trinajstić information content (AvgIpc) is 3.05. The number of nitrogens with zero attached hydrogens (tertiary/aromatic N) is 1. The van der Waals surface area contributed by atoms with Crippen LogP contribution >= 0.6 is 0 Å². The van der Waals surface area contributed by atoms with E-state index in [-0.39, 0.29) is 25.5 Å². The second-order valence-corrected chi connectivity index (χ2v) is 9.64. The van der Waals surface area contributed by atoms with Crippen molar-refractivity contribution in [1.29, 1.82) is 5.26 Å². The van der Waals surface area contributed by atoms with Gasteiger partial charge in [-0.2, -0.15) is 5.26 Å². The molecule has 0 aliphatic carbocycles. The lowest BCUT2D eigenvalue weighted by Gasteiger charge is -2.14. The summed E-state index contributed by atoms with van der Waals surface area (Å²) >= 11 is 0. The Morgan fingerprint density at radius 3 is 1.74 bits per heavy atom. The number of urea groups is 1. The fraction of sp³-hybridized carbons (Fsp3) is 0.200. The molecule has 46 heavy (non-hydrogen) atoms. The van der Waals surface area contributed by atoms with Crippen molar-refractivity contribution in [3.63, 3.8) is 0 Å². The van der Waals surface area contributed by atoms with Gasteiger partial charge in [-0.25, -0.2) is 4.79 Å². The fourth-order valence-electron chi connectivity index (χ4n) is 3.70. The number of carbonyl (C=O) groups is 3. The minimum absolute atomic E-state index is 0.0770. The molecule has 0 aromatic heterocycles. The van der Waals surface area contributed by atoms with Gasteiger partial charge in [-0.05, 0) is 35.4 Å². The highest BCUT2D eigenvalue weighted by molar-refractivity contribution is 5.89. The van der Waals surface area contributed by atoms with Crippen LogP contribution in [0.25, 0.3) is 0 Å². The smallest absolute Gasteiger partial charge is 0.319 e. The molecular weight excluding hydrogens is 588 g/mol. The summed E-state index contributed by atoms with van der Waals surface area (Å²) in [6.07, 6.45) is -0.498. The first-order valence-electron chi connectivity index (χ1n) is 14.4. The summed E-state index contributed by atoms with van der Waals surface area (Å²) in [4.78, 5) is 32.0. The van der Waals surface area contributed by atoms with Crippen molar-refractivity contribution in [2.24, 2.45) is 0 Å². The van der Waals surface area contributed by atoms with Crippen LogP contribution in [-0.4, -0.2) is 65.6 Å². The standard InChI is InChI=1S/C19H22N4O3.2C8H8O2/c20-12-15-6-4-5-9-18(15)26-14-17(24)13-21-10-11-22-19(25)23-16-7-2-1-3-8-16;2*9-8(10)6-7-4-2-1-3-5-7/h1-9,17,21,24H,10-11,13-14H2,(H2,22,23,25);2*1-5H,6H2,(H,9,10). The molecule has 6 N–H and O–H groups in total. The number of benzene rings is 4. The Labute approximate surface area is 268 Å². The fourth-order valence-corrected chi connectivity index (χ4v) is 3.70. The number of hydrogen-bond acceptors (Lipinski definition) is 7. The number of aliphatic carboxylic acids is 2. The zero-order chi connectivity index (χ0) is 33.4. The maximum atomic E-state index is 11.7. The summed E-state index contributed by atoms with van der Waals surface area (Å²) in [5.74, 6) is -1.12. The van der Waals surface area contributed by atoms with Crippen molar-refractivity contribution in [2.75, 3.05) is 31.6 Å². The molecule has 0 radical (unpaired) electrons. The van der Waals surface area contributed by atoms with Crippen LogP contribution in [0.2, 0.25) is 0 Å². The molecule has 240 valence electrons. The molecule has 4 aromatic rings. The van der Waals surface area contributed by atoms with Gasteiger partial charge in [-0.3, -0.25) is 9.59 Å². The Kier molecular flexibility index (Phi) is 17.4. The first kappa shape index (κ1) is 36.5. The van der Waals surface area contributed by atoms with Crippen LogP contribution in [0.3, 0.4) is 0 Å². The van der Waals surface area contributed by atoms with E-state index in [1.54, 1.807) is 60.7 Å². The number of hydrogen-bond donors (Lipinski definition) is 6. The van der Waals surface area contributed by atoms with E-state index in [1.165, 1.54) is 0 Å². The van der Waals surface area contributed by atoms with Crippen molar-refractivity contribution >= 4 is 23.7 Å². The zero-order valence-corrected chi connectivity index (χ0v) is 25.2. The molecule has 0 saturated carbocycles. The van der Waals surface area contributed by atoms with Crippen molar-refractivity contribution in [3.8, 4) is 11.8 Å². The lowest BCUT2D eigenvalue weighted by molar-refractivity contribution is -0.137. The topological polar surface area (TPSA) is 181 Å². The van der Waals surface area contributed by atoms with Crippen molar-refractivity contribution in [2.45, 2.75) is 18.9 Å². The molecule has 2 amide bonds. The molecule has 0 bridgehead atoms. The SMILES string of the molecule is N#Cc1ccccc1OCC(O)CNCCNC(=O)Nc1ccccc1.O=C(O)Cc1ccccc1.O=C(O)Cc1ccccc1. The molecule has 0 saturated heterocycles. The van der Waals surface area contributed by atoms with Crippen LogP contribution in [0.5, 0.6) is 5.75 Å². The van der Waals surface area contributed by atoms with Gasteiger partial charge < -0.3 is 36.0 Å². The van der Waals surface area contributed by atoms with Gasteiger partial charge in [-0.1, -0.05) is 91.0 Å². The third-order valence-corrected chi connectivity index (χ3v) is 5.83. The van der Waals surface area contributed by atoms with E-state index >= 15 is 0 Å². The quantitative estimate of drug-likeness (QED) is 0.118. The molecule has 4 aromatic carbocycles. The van der Waals surface area contributed by atoms with E-state index < -0.39 is 18.0 Å². The number of carboxylic acids is 2. The first-order valence-corrected chi connectivity index (χ1v) is 14.4. The zero-order valence-electron chi connectivity index (χ0n) is 25.2. The maximum absolute atomic E-state index is 11.7. The highest BCUT2D eigenvalue weighted by Crippen LogP contribution is 2.16. The number of aliphatic hydroxyl groups excluding tert-OH is 1. The number of anilines is 1. The minimum atomic E-state index is -0.786. The summed E-state index contributed by atoms with van der Waals surface area (Å²) < 4.78 is 5.46. The number of ether oxygens (including phenoxy) is 1. The van der Waals surface area contributed by atoms with Crippen LogP contribution in [-0.2, 0) is 22.4 Å². The van der Waals surface area contributed by atoms with Gasteiger partial charge in [0, 0.05) is 25.3 Å². The minimum Gasteiger partial charge on any atom is -0.489 e. The number of aliphatic hydroxyl groups is 1. The molecular formula is C35H38N4O7. The van der Waals surface area contributed by atoms with E-state index in [1.807, 2.05) is 60.7 Å². The van der Waals surface area contributed by atoms with E-state index in [0.29, 0.717) is 30.9 Å². The molecule has 11 heteroatoms. The number of rotatable bonds is 13. The van der Waals surface area contributed by atoms with Gasteiger partial charge in [0.25, 0.3) is 0 Å². The van der Waals surface area contributed by atoms with E-state index in [2.05, 4.69) is 16.0 Å². The highest BCUT2D eigenvalue weighted by atomic mass is 16.5.